The molecule has 2 nitrogen and oxygen atoms in total. The predicted molar refractivity (Wildman–Crippen MR) is 52.1 cm³/mol. The molecule has 70 valence electrons. The van der Waals surface area contributed by atoms with Crippen molar-refractivity contribution in [3.63, 3.8) is 0 Å². The van der Waals surface area contributed by atoms with Crippen LogP contribution in [0.15, 0.2) is 11.8 Å². The van der Waals surface area contributed by atoms with E-state index in [2.05, 4.69) is 18.7 Å². The predicted octanol–water partition coefficient (Wildman–Crippen LogP) is 2.25. The average molecular weight is 186 g/mol. The Morgan fingerprint density at radius 3 is 2.25 bits per heavy atom. The van der Waals surface area contributed by atoms with Crippen LogP contribution in [0.3, 0.4) is 0 Å². The highest BCUT2D eigenvalue weighted by Crippen LogP contribution is 2.31. The smallest absolute Gasteiger partial charge is 0.363 e. The van der Waals surface area contributed by atoms with E-state index < -0.39 is 8.56 Å². The van der Waals surface area contributed by atoms with E-state index in [1.807, 2.05) is 0 Å². The molecule has 0 aromatic heterocycles. The Balaban J connectivity index is 2.49. The molecule has 1 aliphatic carbocycles. The summed E-state index contributed by atoms with van der Waals surface area (Å²) in [4.78, 5) is 0. The minimum Gasteiger partial charge on any atom is -0.395 e. The van der Waals surface area contributed by atoms with E-state index in [4.69, 9.17) is 8.85 Å². The zero-order valence-electron chi connectivity index (χ0n) is 8.17. The first kappa shape index (κ1) is 9.96. The van der Waals surface area contributed by atoms with Gasteiger partial charge in [-0.05, 0) is 30.5 Å². The van der Waals surface area contributed by atoms with Crippen molar-refractivity contribution in [1.29, 1.82) is 0 Å². The third-order valence-corrected chi connectivity index (χ3v) is 5.50. The Morgan fingerprint density at radius 1 is 1.33 bits per heavy atom. The zero-order valence-corrected chi connectivity index (χ0v) is 9.17. The largest absolute Gasteiger partial charge is 0.395 e. The molecule has 1 fully saturated rings. The minimum absolute atomic E-state index is 0.814. The summed E-state index contributed by atoms with van der Waals surface area (Å²) >= 11 is 0. The molecular weight excluding hydrogens is 168 g/mol. The highest BCUT2D eigenvalue weighted by molar-refractivity contribution is 6.72. The van der Waals surface area contributed by atoms with E-state index in [1.54, 1.807) is 14.2 Å². The quantitative estimate of drug-likeness (QED) is 0.613. The van der Waals surface area contributed by atoms with E-state index in [0.29, 0.717) is 0 Å². The SMILES string of the molecule is CC[Si](C=CC1CC1)(OC)OC. The van der Waals surface area contributed by atoms with Crippen molar-refractivity contribution in [1.82, 2.24) is 0 Å². The lowest BCUT2D eigenvalue weighted by atomic mass is 10.4. The van der Waals surface area contributed by atoms with Crippen molar-refractivity contribution in [2.75, 3.05) is 14.2 Å². The second-order valence-corrected chi connectivity index (χ2v) is 6.75. The Bertz CT molecular complexity index is 152. The van der Waals surface area contributed by atoms with Gasteiger partial charge in [-0.2, -0.15) is 0 Å². The van der Waals surface area contributed by atoms with Crippen LogP contribution in [0.25, 0.3) is 0 Å². The summed E-state index contributed by atoms with van der Waals surface area (Å²) in [6, 6.07) is 0.989. The molecule has 1 aliphatic rings. The first-order valence-corrected chi connectivity index (χ1v) is 6.66. The molecule has 0 radical (unpaired) electrons. The summed E-state index contributed by atoms with van der Waals surface area (Å²) < 4.78 is 10.9. The highest BCUT2D eigenvalue weighted by atomic mass is 28.4. The van der Waals surface area contributed by atoms with E-state index in [1.165, 1.54) is 12.8 Å². The van der Waals surface area contributed by atoms with Crippen molar-refractivity contribution in [2.45, 2.75) is 25.8 Å². The van der Waals surface area contributed by atoms with Crippen LogP contribution in [0, 0.1) is 5.92 Å². The van der Waals surface area contributed by atoms with Crippen LogP contribution >= 0.6 is 0 Å². The topological polar surface area (TPSA) is 18.5 Å². The third-order valence-electron chi connectivity index (χ3n) is 2.43. The van der Waals surface area contributed by atoms with Crippen molar-refractivity contribution >= 4 is 8.56 Å². The van der Waals surface area contributed by atoms with Crippen molar-refractivity contribution in [3.05, 3.63) is 11.8 Å². The van der Waals surface area contributed by atoms with Gasteiger partial charge in [0.1, 0.15) is 0 Å². The summed E-state index contributed by atoms with van der Waals surface area (Å²) in [6.07, 6.45) is 4.96. The minimum atomic E-state index is -1.92. The van der Waals surface area contributed by atoms with Crippen molar-refractivity contribution in [2.24, 2.45) is 5.92 Å². The molecular formula is C9H18O2Si. The van der Waals surface area contributed by atoms with Gasteiger partial charge in [0.2, 0.25) is 0 Å². The van der Waals surface area contributed by atoms with Crippen molar-refractivity contribution in [3.8, 4) is 0 Å². The van der Waals surface area contributed by atoms with Crippen LogP contribution in [-0.2, 0) is 8.85 Å². The van der Waals surface area contributed by atoms with Gasteiger partial charge in [-0.25, -0.2) is 0 Å². The fourth-order valence-corrected chi connectivity index (χ4v) is 3.01. The Hall–Kier alpha value is -0.123. The number of rotatable bonds is 5. The molecule has 0 N–H and O–H groups in total. The van der Waals surface area contributed by atoms with Gasteiger partial charge in [0.05, 0.1) is 0 Å². The van der Waals surface area contributed by atoms with E-state index >= 15 is 0 Å². The van der Waals surface area contributed by atoms with Crippen LogP contribution < -0.4 is 0 Å². The van der Waals surface area contributed by atoms with Crippen LogP contribution in [0.5, 0.6) is 0 Å². The summed E-state index contributed by atoms with van der Waals surface area (Å²) in [7, 11) is 1.57. The van der Waals surface area contributed by atoms with E-state index in [0.717, 1.165) is 12.0 Å². The molecule has 0 saturated heterocycles. The van der Waals surface area contributed by atoms with Crippen LogP contribution in [0.2, 0.25) is 6.04 Å². The maximum Gasteiger partial charge on any atom is 0.363 e. The monoisotopic (exact) mass is 186 g/mol. The van der Waals surface area contributed by atoms with Gasteiger partial charge in [-0.1, -0.05) is 13.0 Å². The Kier molecular flexibility index (Phi) is 3.49. The van der Waals surface area contributed by atoms with Gasteiger partial charge < -0.3 is 8.85 Å². The van der Waals surface area contributed by atoms with Gasteiger partial charge in [-0.3, -0.25) is 0 Å². The fraction of sp³-hybridized carbons (Fsp3) is 0.778. The second kappa shape index (κ2) is 4.21. The summed E-state index contributed by atoms with van der Waals surface area (Å²) in [5.74, 6) is 0.814. The standard InChI is InChI=1S/C9H18O2Si/c1-4-12(10-2,11-3)8-7-9-5-6-9/h7-9H,4-6H2,1-3H3. The van der Waals surface area contributed by atoms with Gasteiger partial charge in [-0.15, -0.1) is 0 Å². The van der Waals surface area contributed by atoms with Crippen molar-refractivity contribution < 1.29 is 8.85 Å². The molecule has 3 heteroatoms. The molecule has 0 unspecified atom stereocenters. The molecule has 12 heavy (non-hydrogen) atoms. The van der Waals surface area contributed by atoms with Gasteiger partial charge in [0.25, 0.3) is 0 Å². The van der Waals surface area contributed by atoms with E-state index in [9.17, 15) is 0 Å². The normalized spacial score (nSPS) is 18.9. The van der Waals surface area contributed by atoms with Gasteiger partial charge in [0.15, 0.2) is 0 Å². The first-order chi connectivity index (χ1) is 5.76. The zero-order chi connectivity index (χ0) is 9.03. The third kappa shape index (κ3) is 2.44. The Labute approximate surface area is 75.8 Å². The number of allylic oxidation sites excluding steroid dienone is 1. The molecule has 0 heterocycles. The summed E-state index contributed by atoms with van der Waals surface area (Å²) in [6.45, 7) is 2.12. The number of hydrogen-bond donors (Lipinski definition) is 0. The maximum atomic E-state index is 5.44. The molecule has 1 saturated carbocycles. The molecule has 0 atom stereocenters. The molecule has 0 aromatic carbocycles. The highest BCUT2D eigenvalue weighted by Gasteiger charge is 2.31. The first-order valence-electron chi connectivity index (χ1n) is 4.56. The lowest BCUT2D eigenvalue weighted by Crippen LogP contribution is -2.37. The molecule has 0 spiro atoms. The number of hydrogen-bond acceptors (Lipinski definition) is 2. The maximum absolute atomic E-state index is 5.44. The van der Waals surface area contributed by atoms with Gasteiger partial charge in [0, 0.05) is 14.2 Å². The molecule has 0 aromatic rings. The molecule has 0 amide bonds. The fourth-order valence-electron chi connectivity index (χ4n) is 1.20. The van der Waals surface area contributed by atoms with Gasteiger partial charge >= 0.3 is 8.56 Å². The molecule has 0 aliphatic heterocycles. The summed E-state index contributed by atoms with van der Waals surface area (Å²) in [5.41, 5.74) is 2.19. The van der Waals surface area contributed by atoms with Crippen LogP contribution in [-0.4, -0.2) is 22.8 Å². The van der Waals surface area contributed by atoms with E-state index in [-0.39, 0.29) is 0 Å². The van der Waals surface area contributed by atoms with Crippen LogP contribution in [0.1, 0.15) is 19.8 Å². The summed E-state index contributed by atoms with van der Waals surface area (Å²) in [5, 5.41) is 0. The lowest BCUT2D eigenvalue weighted by Gasteiger charge is -2.21. The molecule has 1 rings (SSSR count). The second-order valence-electron chi connectivity index (χ2n) is 3.27. The molecule has 0 bridgehead atoms. The Morgan fingerprint density at radius 2 is 1.92 bits per heavy atom. The average Bonchev–Trinajstić information content (AvgIpc) is 2.92. The van der Waals surface area contributed by atoms with Crippen LogP contribution in [0.4, 0.5) is 0 Å². The lowest BCUT2D eigenvalue weighted by molar-refractivity contribution is 0.257.